The first kappa shape index (κ1) is 20.2. The molecule has 7 nitrogen and oxygen atoms in total. The summed E-state index contributed by atoms with van der Waals surface area (Å²) < 4.78 is 64.0. The van der Waals surface area contributed by atoms with Gasteiger partial charge in [-0.05, 0) is 6.07 Å². The van der Waals surface area contributed by atoms with Crippen molar-refractivity contribution in [1.82, 2.24) is 24.7 Å². The number of aromatic nitrogens is 5. The summed E-state index contributed by atoms with van der Waals surface area (Å²) in [5, 5.41) is 5.08. The van der Waals surface area contributed by atoms with Gasteiger partial charge in [-0.2, -0.15) is 18.3 Å². The molecule has 0 atom stereocenters. The van der Waals surface area contributed by atoms with Crippen molar-refractivity contribution >= 4 is 21.2 Å². The van der Waals surface area contributed by atoms with Gasteiger partial charge in [-0.3, -0.25) is 0 Å². The quantitative estimate of drug-likeness (QED) is 0.438. The number of hydrogen-bond acceptors (Lipinski definition) is 7. The Bertz CT molecular complexity index is 1280. The van der Waals surface area contributed by atoms with Crippen molar-refractivity contribution in [2.24, 2.45) is 0 Å². The summed E-state index contributed by atoms with van der Waals surface area (Å²) in [4.78, 5) is 11.7. The fourth-order valence-electron chi connectivity index (χ4n) is 2.70. The average molecular weight is 451 g/mol. The lowest BCUT2D eigenvalue weighted by Gasteiger charge is -2.08. The Morgan fingerprint density at radius 2 is 1.63 bits per heavy atom. The molecule has 0 bridgehead atoms. The maximum absolute atomic E-state index is 13.3. The molecule has 0 aliphatic rings. The van der Waals surface area contributed by atoms with Crippen LogP contribution >= 0.6 is 11.3 Å². The second-order valence-electron chi connectivity index (χ2n) is 6.27. The Morgan fingerprint density at radius 1 is 1.00 bits per heavy atom. The number of sulfone groups is 1. The van der Waals surface area contributed by atoms with Gasteiger partial charge >= 0.3 is 6.18 Å². The van der Waals surface area contributed by atoms with Gasteiger partial charge in [-0.25, -0.2) is 28.1 Å². The van der Waals surface area contributed by atoms with Crippen LogP contribution in [-0.4, -0.2) is 39.4 Å². The van der Waals surface area contributed by atoms with Gasteiger partial charge in [0.15, 0.2) is 5.69 Å². The molecule has 4 aromatic rings. The lowest BCUT2D eigenvalue weighted by atomic mass is 10.1. The van der Waals surface area contributed by atoms with E-state index in [4.69, 9.17) is 0 Å². The predicted molar refractivity (Wildman–Crippen MR) is 104 cm³/mol. The zero-order valence-electron chi connectivity index (χ0n) is 15.2. The molecule has 0 aliphatic heterocycles. The molecule has 0 spiro atoms. The molecule has 3 heterocycles. The van der Waals surface area contributed by atoms with E-state index in [1.807, 2.05) is 5.38 Å². The number of hydrogen-bond donors (Lipinski definition) is 0. The monoisotopic (exact) mass is 451 g/mol. The molecule has 0 unspecified atom stereocenters. The zero-order valence-corrected chi connectivity index (χ0v) is 16.8. The van der Waals surface area contributed by atoms with Crippen molar-refractivity contribution in [2.45, 2.75) is 11.3 Å². The normalized spacial score (nSPS) is 12.3. The second kappa shape index (κ2) is 7.29. The molecule has 0 fully saturated rings. The Balaban J connectivity index is 1.80. The SMILES string of the molecule is CS(=O)(=O)c1ncc(-n2nc(C(F)(F)F)cc2-c2ccc(-c3cscn3)cc2)cn1. The molecule has 4 rings (SSSR count). The lowest BCUT2D eigenvalue weighted by molar-refractivity contribution is -0.141. The summed E-state index contributed by atoms with van der Waals surface area (Å²) in [5.41, 5.74) is 2.91. The van der Waals surface area contributed by atoms with Gasteiger partial charge in [0.25, 0.3) is 0 Å². The van der Waals surface area contributed by atoms with Crippen molar-refractivity contribution in [3.8, 4) is 28.2 Å². The van der Waals surface area contributed by atoms with Crippen LogP contribution in [0, 0.1) is 0 Å². The largest absolute Gasteiger partial charge is 0.435 e. The third-order valence-electron chi connectivity index (χ3n) is 4.10. The Kier molecular flexibility index (Phi) is 4.90. The molecule has 0 amide bonds. The predicted octanol–water partition coefficient (Wildman–Crippen LogP) is 3.88. The lowest BCUT2D eigenvalue weighted by Crippen LogP contribution is -2.09. The third-order valence-corrected chi connectivity index (χ3v) is 5.56. The molecule has 3 aromatic heterocycles. The topological polar surface area (TPSA) is 90.6 Å². The van der Waals surface area contributed by atoms with E-state index in [0.29, 0.717) is 5.56 Å². The molecule has 12 heteroatoms. The standard InChI is InChI=1S/C18H12F3N5O2S2/c1-30(27,28)17-22-7-13(8-23-17)26-15(6-16(25-26)18(19,20)21)12-4-2-11(3-5-12)14-9-29-10-24-14/h2-10H,1H3. The van der Waals surface area contributed by atoms with Crippen molar-refractivity contribution in [3.05, 3.63) is 59.3 Å². The minimum atomic E-state index is -4.66. The van der Waals surface area contributed by atoms with E-state index >= 15 is 0 Å². The first-order chi connectivity index (χ1) is 14.1. The average Bonchev–Trinajstić information content (AvgIpc) is 3.37. The van der Waals surface area contributed by atoms with Crippen LogP contribution in [-0.2, 0) is 16.0 Å². The second-order valence-corrected chi connectivity index (χ2v) is 8.90. The van der Waals surface area contributed by atoms with Gasteiger partial charge in [0.1, 0.15) is 5.69 Å². The fraction of sp³-hybridized carbons (Fsp3) is 0.111. The highest BCUT2D eigenvalue weighted by Crippen LogP contribution is 2.33. The number of alkyl halides is 3. The molecule has 0 radical (unpaired) electrons. The number of rotatable bonds is 4. The van der Waals surface area contributed by atoms with E-state index in [-0.39, 0.29) is 11.4 Å². The van der Waals surface area contributed by atoms with Crippen LogP contribution in [0.2, 0.25) is 0 Å². The van der Waals surface area contributed by atoms with Crippen LogP contribution in [0.5, 0.6) is 0 Å². The number of halogens is 3. The molecule has 30 heavy (non-hydrogen) atoms. The number of thiazole rings is 1. The van der Waals surface area contributed by atoms with Gasteiger partial charge in [-0.1, -0.05) is 24.3 Å². The van der Waals surface area contributed by atoms with Crippen molar-refractivity contribution < 1.29 is 21.6 Å². The summed E-state index contributed by atoms with van der Waals surface area (Å²) in [6.07, 6.45) is -1.49. The van der Waals surface area contributed by atoms with Crippen molar-refractivity contribution in [1.29, 1.82) is 0 Å². The van der Waals surface area contributed by atoms with Crippen LogP contribution < -0.4 is 0 Å². The summed E-state index contributed by atoms with van der Waals surface area (Å²) in [6.45, 7) is 0. The minimum absolute atomic E-state index is 0.0940. The number of benzene rings is 1. The first-order valence-electron chi connectivity index (χ1n) is 8.32. The van der Waals surface area contributed by atoms with E-state index in [0.717, 1.165) is 40.7 Å². The summed E-state index contributed by atoms with van der Waals surface area (Å²) >= 11 is 1.44. The summed E-state index contributed by atoms with van der Waals surface area (Å²) in [7, 11) is -3.65. The Hall–Kier alpha value is -3.12. The molecule has 0 saturated carbocycles. The molecule has 1 aromatic carbocycles. The number of nitrogens with zero attached hydrogens (tertiary/aromatic N) is 5. The van der Waals surface area contributed by atoms with E-state index in [9.17, 15) is 21.6 Å². The van der Waals surface area contributed by atoms with Crippen LogP contribution in [0.25, 0.3) is 28.2 Å². The Labute approximate surface area is 172 Å². The van der Waals surface area contributed by atoms with E-state index in [1.165, 1.54) is 11.3 Å². The van der Waals surface area contributed by atoms with E-state index in [2.05, 4.69) is 20.1 Å². The first-order valence-corrected chi connectivity index (χ1v) is 11.1. The van der Waals surface area contributed by atoms with E-state index in [1.54, 1.807) is 29.8 Å². The summed E-state index contributed by atoms with van der Waals surface area (Å²) in [5.74, 6) is 0. The smallest absolute Gasteiger partial charge is 0.245 e. The highest BCUT2D eigenvalue weighted by molar-refractivity contribution is 7.90. The van der Waals surface area contributed by atoms with Crippen molar-refractivity contribution in [2.75, 3.05) is 6.26 Å². The van der Waals surface area contributed by atoms with Gasteiger partial charge in [0, 0.05) is 22.8 Å². The minimum Gasteiger partial charge on any atom is -0.245 e. The van der Waals surface area contributed by atoms with Gasteiger partial charge < -0.3 is 0 Å². The molecular formula is C18H12F3N5O2S2. The maximum atomic E-state index is 13.3. The van der Waals surface area contributed by atoms with Crippen LogP contribution in [0.4, 0.5) is 13.2 Å². The zero-order chi connectivity index (χ0) is 21.5. The summed E-state index contributed by atoms with van der Waals surface area (Å²) in [6, 6.07) is 7.74. The van der Waals surface area contributed by atoms with Gasteiger partial charge in [-0.15, -0.1) is 11.3 Å². The van der Waals surface area contributed by atoms with Gasteiger partial charge in [0.05, 0.1) is 29.3 Å². The van der Waals surface area contributed by atoms with Crippen molar-refractivity contribution in [3.63, 3.8) is 0 Å². The van der Waals surface area contributed by atoms with E-state index < -0.39 is 26.9 Å². The fourth-order valence-corrected chi connectivity index (χ4v) is 3.75. The molecule has 0 saturated heterocycles. The molecule has 154 valence electrons. The highest BCUT2D eigenvalue weighted by atomic mass is 32.2. The van der Waals surface area contributed by atoms with Crippen LogP contribution in [0.15, 0.2) is 58.8 Å². The molecule has 0 N–H and O–H groups in total. The van der Waals surface area contributed by atoms with Crippen LogP contribution in [0.3, 0.4) is 0 Å². The maximum Gasteiger partial charge on any atom is 0.435 e. The molecule has 0 aliphatic carbocycles. The third kappa shape index (κ3) is 3.96. The highest BCUT2D eigenvalue weighted by Gasteiger charge is 2.35. The molecular weight excluding hydrogens is 439 g/mol. The van der Waals surface area contributed by atoms with Crippen LogP contribution in [0.1, 0.15) is 5.69 Å². The Morgan fingerprint density at radius 3 is 2.17 bits per heavy atom. The van der Waals surface area contributed by atoms with Gasteiger partial charge in [0.2, 0.25) is 15.0 Å².